The largest absolute Gasteiger partial charge is 0.433 e. The van der Waals surface area contributed by atoms with E-state index in [1.165, 1.54) is 12.8 Å². The average molecular weight is 280 g/mol. The molecule has 0 unspecified atom stereocenters. The minimum Gasteiger partial charge on any atom is -0.370 e. The van der Waals surface area contributed by atoms with Gasteiger partial charge in [-0.05, 0) is 30.4 Å². The highest BCUT2D eigenvalue weighted by Gasteiger charge is 2.33. The van der Waals surface area contributed by atoms with Crippen LogP contribution in [0.4, 0.5) is 19.0 Å². The third-order valence-electron chi connectivity index (χ3n) is 2.78. The highest BCUT2D eigenvalue weighted by atomic mass is 35.5. The number of hydrogen-bond donors (Lipinski definition) is 1. The molecule has 0 amide bonds. The van der Waals surface area contributed by atoms with E-state index in [-0.39, 0.29) is 5.82 Å². The summed E-state index contributed by atoms with van der Waals surface area (Å²) in [6.07, 6.45) is 0.0811. The summed E-state index contributed by atoms with van der Waals surface area (Å²) in [7, 11) is 0. The molecule has 1 aromatic heterocycles. The molecule has 1 fully saturated rings. The molecule has 1 aromatic rings. The Morgan fingerprint density at radius 2 is 2.06 bits per heavy atom. The molecule has 1 saturated carbocycles. The van der Waals surface area contributed by atoms with Gasteiger partial charge in [-0.25, -0.2) is 9.97 Å². The van der Waals surface area contributed by atoms with Crippen molar-refractivity contribution in [2.24, 2.45) is 5.92 Å². The first-order chi connectivity index (χ1) is 8.45. The number of alkyl halides is 3. The monoisotopic (exact) mass is 279 g/mol. The van der Waals surface area contributed by atoms with Crippen molar-refractivity contribution >= 4 is 17.4 Å². The van der Waals surface area contributed by atoms with E-state index >= 15 is 0 Å². The van der Waals surface area contributed by atoms with E-state index in [0.29, 0.717) is 6.54 Å². The van der Waals surface area contributed by atoms with E-state index < -0.39 is 17.2 Å². The van der Waals surface area contributed by atoms with Crippen molar-refractivity contribution in [1.82, 2.24) is 9.97 Å². The summed E-state index contributed by atoms with van der Waals surface area (Å²) < 4.78 is 37.4. The molecule has 2 rings (SSSR count). The van der Waals surface area contributed by atoms with Gasteiger partial charge in [0, 0.05) is 12.6 Å². The Morgan fingerprint density at radius 3 is 2.67 bits per heavy atom. The summed E-state index contributed by atoms with van der Waals surface area (Å²) in [6.45, 7) is 0.598. The molecule has 0 bridgehead atoms. The lowest BCUT2D eigenvalue weighted by molar-refractivity contribution is -0.141. The van der Waals surface area contributed by atoms with Gasteiger partial charge in [-0.15, -0.1) is 0 Å². The van der Waals surface area contributed by atoms with Gasteiger partial charge in [0.05, 0.1) is 0 Å². The van der Waals surface area contributed by atoms with Crippen LogP contribution < -0.4 is 5.32 Å². The Balaban J connectivity index is 1.92. The van der Waals surface area contributed by atoms with Gasteiger partial charge in [0.15, 0.2) is 5.69 Å². The average Bonchev–Trinajstić information content (AvgIpc) is 3.06. The number of halogens is 4. The zero-order chi connectivity index (χ0) is 13.2. The van der Waals surface area contributed by atoms with E-state index in [4.69, 9.17) is 11.6 Å². The molecule has 1 aliphatic carbocycles. The summed E-state index contributed by atoms with van der Waals surface area (Å²) >= 11 is 5.47. The van der Waals surface area contributed by atoms with Crippen LogP contribution >= 0.6 is 11.6 Å². The normalized spacial score (nSPS) is 15.8. The Morgan fingerprint density at radius 1 is 1.33 bits per heavy atom. The molecule has 1 heterocycles. The molecule has 0 radical (unpaired) electrons. The zero-order valence-electron chi connectivity index (χ0n) is 9.60. The van der Waals surface area contributed by atoms with Crippen LogP contribution in [0.2, 0.25) is 5.28 Å². The van der Waals surface area contributed by atoms with Gasteiger partial charge in [0.2, 0.25) is 5.28 Å². The molecule has 0 aromatic carbocycles. The van der Waals surface area contributed by atoms with Gasteiger partial charge in [-0.3, -0.25) is 0 Å². The molecule has 0 saturated heterocycles. The lowest BCUT2D eigenvalue weighted by Gasteiger charge is -2.09. The first-order valence-electron chi connectivity index (χ1n) is 5.81. The predicted octanol–water partition coefficient (Wildman–Crippen LogP) is 3.75. The van der Waals surface area contributed by atoms with Crippen molar-refractivity contribution in [2.75, 3.05) is 11.9 Å². The molecular formula is C11H13ClF3N3. The maximum Gasteiger partial charge on any atom is 0.433 e. The fraction of sp³-hybridized carbons (Fsp3) is 0.636. The Labute approximate surface area is 108 Å². The molecule has 0 aliphatic heterocycles. The van der Waals surface area contributed by atoms with Gasteiger partial charge in [0.1, 0.15) is 5.82 Å². The van der Waals surface area contributed by atoms with E-state index in [1.807, 2.05) is 0 Å². The first-order valence-corrected chi connectivity index (χ1v) is 6.18. The Bertz CT molecular complexity index is 418. The van der Waals surface area contributed by atoms with Gasteiger partial charge in [-0.1, -0.05) is 12.8 Å². The van der Waals surface area contributed by atoms with Crippen molar-refractivity contribution in [2.45, 2.75) is 31.9 Å². The fourth-order valence-electron chi connectivity index (χ4n) is 1.67. The standard InChI is InChI=1S/C11H13ClF3N3/c12-10-17-8(11(13,14)15)6-9(18-10)16-5-1-2-7-3-4-7/h6-7H,1-5H2,(H,16,17,18). The number of nitrogens with one attached hydrogen (secondary N) is 1. The number of hydrogen-bond acceptors (Lipinski definition) is 3. The molecule has 100 valence electrons. The lowest BCUT2D eigenvalue weighted by atomic mass is 10.2. The SMILES string of the molecule is FC(F)(F)c1cc(NCCCC2CC2)nc(Cl)n1. The van der Waals surface area contributed by atoms with Crippen LogP contribution in [0.25, 0.3) is 0 Å². The van der Waals surface area contributed by atoms with Crippen LogP contribution in [-0.2, 0) is 6.18 Å². The van der Waals surface area contributed by atoms with E-state index in [0.717, 1.165) is 24.8 Å². The highest BCUT2D eigenvalue weighted by molar-refractivity contribution is 6.28. The number of nitrogens with zero attached hydrogens (tertiary/aromatic N) is 2. The summed E-state index contributed by atoms with van der Waals surface area (Å²) in [5, 5.41) is 2.45. The second-order valence-electron chi connectivity index (χ2n) is 4.42. The van der Waals surface area contributed by atoms with E-state index in [9.17, 15) is 13.2 Å². The van der Waals surface area contributed by atoms with Gasteiger partial charge in [-0.2, -0.15) is 13.2 Å². The van der Waals surface area contributed by atoms with Crippen LogP contribution in [0, 0.1) is 5.92 Å². The number of aromatic nitrogens is 2. The molecule has 1 aliphatic rings. The second kappa shape index (κ2) is 5.30. The Hall–Kier alpha value is -1.04. The van der Waals surface area contributed by atoms with Crippen LogP contribution in [0.15, 0.2) is 6.07 Å². The van der Waals surface area contributed by atoms with Crippen molar-refractivity contribution in [3.05, 3.63) is 17.0 Å². The predicted molar refractivity (Wildman–Crippen MR) is 62.5 cm³/mol. The van der Waals surface area contributed by atoms with Crippen LogP contribution in [-0.4, -0.2) is 16.5 Å². The van der Waals surface area contributed by atoms with Gasteiger partial charge < -0.3 is 5.32 Å². The summed E-state index contributed by atoms with van der Waals surface area (Å²) in [4.78, 5) is 6.88. The molecule has 0 spiro atoms. The van der Waals surface area contributed by atoms with Crippen molar-refractivity contribution < 1.29 is 13.2 Å². The summed E-state index contributed by atoms with van der Waals surface area (Å²) in [5.41, 5.74) is -1.02. The quantitative estimate of drug-likeness (QED) is 0.659. The summed E-state index contributed by atoms with van der Waals surface area (Å²) in [5.74, 6) is 0.935. The van der Waals surface area contributed by atoms with Crippen LogP contribution in [0.1, 0.15) is 31.4 Å². The van der Waals surface area contributed by atoms with E-state index in [1.54, 1.807) is 0 Å². The smallest absolute Gasteiger partial charge is 0.370 e. The maximum absolute atomic E-state index is 12.5. The van der Waals surface area contributed by atoms with Crippen LogP contribution in [0.3, 0.4) is 0 Å². The number of rotatable bonds is 5. The first kappa shape index (κ1) is 13.4. The molecular weight excluding hydrogens is 267 g/mol. The molecule has 1 N–H and O–H groups in total. The number of anilines is 1. The Kier molecular flexibility index (Phi) is 3.94. The van der Waals surface area contributed by atoms with Crippen LogP contribution in [0.5, 0.6) is 0 Å². The van der Waals surface area contributed by atoms with Crippen molar-refractivity contribution in [3.8, 4) is 0 Å². The lowest BCUT2D eigenvalue weighted by Crippen LogP contribution is -2.11. The molecule has 18 heavy (non-hydrogen) atoms. The molecule has 7 heteroatoms. The fourth-order valence-corrected chi connectivity index (χ4v) is 1.85. The summed E-state index contributed by atoms with van der Waals surface area (Å²) in [6, 6.07) is 0.878. The van der Waals surface area contributed by atoms with E-state index in [2.05, 4.69) is 15.3 Å². The van der Waals surface area contributed by atoms with Gasteiger partial charge >= 0.3 is 6.18 Å². The molecule has 3 nitrogen and oxygen atoms in total. The third kappa shape index (κ3) is 4.01. The highest BCUT2D eigenvalue weighted by Crippen LogP contribution is 2.33. The van der Waals surface area contributed by atoms with Crippen molar-refractivity contribution in [1.29, 1.82) is 0 Å². The maximum atomic E-state index is 12.5. The van der Waals surface area contributed by atoms with Crippen molar-refractivity contribution in [3.63, 3.8) is 0 Å². The zero-order valence-corrected chi connectivity index (χ0v) is 10.4. The second-order valence-corrected chi connectivity index (χ2v) is 4.76. The molecule has 0 atom stereocenters. The third-order valence-corrected chi connectivity index (χ3v) is 2.95. The van der Waals surface area contributed by atoms with Gasteiger partial charge in [0.25, 0.3) is 0 Å². The topological polar surface area (TPSA) is 37.8 Å². The minimum absolute atomic E-state index is 0.123. The minimum atomic E-state index is -4.50.